The molecule has 31 heavy (non-hydrogen) atoms. The third-order valence-electron chi connectivity index (χ3n) is 5.32. The largest absolute Gasteiger partial charge is 0.480 e. The molecule has 6 heteroatoms. The monoisotopic (exact) mass is 415 g/mol. The van der Waals surface area contributed by atoms with Gasteiger partial charge in [0.1, 0.15) is 6.61 Å². The molecule has 2 aromatic carbocycles. The number of nitrogens with two attached hydrogens (primary N) is 1. The highest BCUT2D eigenvalue weighted by Gasteiger charge is 2.28. The van der Waals surface area contributed by atoms with E-state index in [1.165, 1.54) is 29.4 Å². The molecule has 0 radical (unpaired) electrons. The summed E-state index contributed by atoms with van der Waals surface area (Å²) in [6, 6.07) is 20.1. The Labute approximate surface area is 181 Å². The average Bonchev–Trinajstić information content (AvgIpc) is 3.12. The number of fused-ring (bicyclic) bond motifs is 3. The van der Waals surface area contributed by atoms with E-state index < -0.39 is 6.09 Å². The summed E-state index contributed by atoms with van der Waals surface area (Å²) in [6.45, 7) is 0.782. The maximum atomic E-state index is 12.2. The number of nitrogen functional groups attached to an aromatic ring is 1. The molecule has 6 nitrogen and oxygen atoms in total. The number of aromatic nitrogens is 1. The molecule has 1 heterocycles. The molecule has 0 saturated heterocycles. The van der Waals surface area contributed by atoms with Crippen LogP contribution in [0.1, 0.15) is 29.2 Å². The second-order valence-corrected chi connectivity index (χ2v) is 7.28. The highest BCUT2D eigenvalue weighted by atomic mass is 16.5. The Balaban J connectivity index is 1.27. The summed E-state index contributed by atoms with van der Waals surface area (Å²) in [5.74, 6) is 0.462. The Morgan fingerprint density at radius 3 is 2.42 bits per heavy atom. The zero-order valence-electron chi connectivity index (χ0n) is 17.4. The topological polar surface area (TPSA) is 86.5 Å². The van der Waals surface area contributed by atoms with Gasteiger partial charge in [0.25, 0.3) is 0 Å². The molecule has 158 valence electrons. The van der Waals surface area contributed by atoms with E-state index in [1.54, 1.807) is 6.07 Å². The molecular weight excluding hydrogens is 390 g/mol. The van der Waals surface area contributed by atoms with Crippen molar-refractivity contribution in [2.75, 3.05) is 26.0 Å². The van der Waals surface area contributed by atoms with Crippen molar-refractivity contribution in [1.82, 2.24) is 10.3 Å². The molecule has 4 rings (SSSR count). The maximum Gasteiger partial charge on any atom is 0.407 e. The van der Waals surface area contributed by atoms with Crippen molar-refractivity contribution < 1.29 is 14.3 Å². The number of hydrogen-bond acceptors (Lipinski definition) is 5. The van der Waals surface area contributed by atoms with Crippen molar-refractivity contribution in [3.05, 3.63) is 83.6 Å². The first-order valence-corrected chi connectivity index (χ1v) is 10.2. The van der Waals surface area contributed by atoms with Crippen LogP contribution in [0.4, 0.5) is 10.5 Å². The molecule has 1 amide bonds. The minimum Gasteiger partial charge on any atom is -0.480 e. The fraction of sp³-hybridized carbons (Fsp3) is 0.200. The standard InChI is InChI=1S/C25H25N3O3/c1-30-24-23(26)14-13-17(28-24)8-6-7-15-27-25(29)31-16-22-20-11-4-2-9-18(20)19-10-3-5-12-21(19)22/h2-6,8-14,22H,7,15-16,26H2,1H3,(H,27,29). The molecule has 1 aliphatic rings. The number of hydrogen-bond donors (Lipinski definition) is 2. The number of anilines is 1. The molecule has 1 aliphatic carbocycles. The van der Waals surface area contributed by atoms with Crippen LogP contribution in [0.25, 0.3) is 17.2 Å². The SMILES string of the molecule is COc1nc(C=CCCNC(=O)OCC2c3ccccc3-c3ccccc32)ccc1N. The predicted molar refractivity (Wildman–Crippen MR) is 122 cm³/mol. The van der Waals surface area contributed by atoms with Gasteiger partial charge in [-0.1, -0.05) is 54.6 Å². The zero-order valence-corrected chi connectivity index (χ0v) is 17.4. The van der Waals surface area contributed by atoms with Crippen LogP contribution in [0.3, 0.4) is 0 Å². The highest BCUT2D eigenvalue weighted by Crippen LogP contribution is 2.44. The predicted octanol–water partition coefficient (Wildman–Crippen LogP) is 4.61. The van der Waals surface area contributed by atoms with E-state index in [0.717, 1.165) is 5.69 Å². The Kier molecular flexibility index (Phi) is 6.17. The van der Waals surface area contributed by atoms with Gasteiger partial charge in [-0.15, -0.1) is 0 Å². The van der Waals surface area contributed by atoms with Gasteiger partial charge in [0.05, 0.1) is 18.5 Å². The lowest BCUT2D eigenvalue weighted by molar-refractivity contribution is 0.143. The van der Waals surface area contributed by atoms with Crippen LogP contribution in [0, 0.1) is 0 Å². The number of rotatable bonds is 7. The molecule has 0 spiro atoms. The van der Waals surface area contributed by atoms with E-state index in [1.807, 2.05) is 42.5 Å². The van der Waals surface area contributed by atoms with E-state index in [9.17, 15) is 4.79 Å². The third-order valence-corrected chi connectivity index (χ3v) is 5.32. The first-order chi connectivity index (χ1) is 15.2. The Hall–Kier alpha value is -3.80. The van der Waals surface area contributed by atoms with Crippen LogP contribution in [-0.4, -0.2) is 31.3 Å². The number of benzene rings is 2. The smallest absolute Gasteiger partial charge is 0.407 e. The fourth-order valence-corrected chi connectivity index (χ4v) is 3.83. The van der Waals surface area contributed by atoms with Gasteiger partial charge < -0.3 is 20.5 Å². The molecule has 0 atom stereocenters. The summed E-state index contributed by atoms with van der Waals surface area (Å²) in [5, 5.41) is 2.79. The van der Waals surface area contributed by atoms with Crippen molar-refractivity contribution in [1.29, 1.82) is 0 Å². The van der Waals surface area contributed by atoms with Crippen molar-refractivity contribution in [3.63, 3.8) is 0 Å². The highest BCUT2D eigenvalue weighted by molar-refractivity contribution is 5.79. The van der Waals surface area contributed by atoms with Crippen molar-refractivity contribution >= 4 is 17.9 Å². The van der Waals surface area contributed by atoms with E-state index in [4.69, 9.17) is 15.2 Å². The van der Waals surface area contributed by atoms with Crippen molar-refractivity contribution in [2.24, 2.45) is 0 Å². The average molecular weight is 415 g/mol. The Morgan fingerprint density at radius 2 is 1.74 bits per heavy atom. The van der Waals surface area contributed by atoms with Crippen LogP contribution < -0.4 is 15.8 Å². The summed E-state index contributed by atoms with van der Waals surface area (Å²) in [6.07, 6.45) is 4.03. The first kappa shape index (κ1) is 20.5. The van der Waals surface area contributed by atoms with Crippen LogP contribution in [0.2, 0.25) is 0 Å². The van der Waals surface area contributed by atoms with Crippen molar-refractivity contribution in [2.45, 2.75) is 12.3 Å². The molecule has 0 fully saturated rings. The number of nitrogens with zero attached hydrogens (tertiary/aromatic N) is 1. The van der Waals surface area contributed by atoms with E-state index >= 15 is 0 Å². The lowest BCUT2D eigenvalue weighted by Crippen LogP contribution is -2.26. The Bertz CT molecular complexity index is 1070. The van der Waals surface area contributed by atoms with E-state index in [2.05, 4.69) is 34.6 Å². The number of ether oxygens (including phenoxy) is 2. The van der Waals surface area contributed by atoms with Gasteiger partial charge in [-0.25, -0.2) is 9.78 Å². The van der Waals surface area contributed by atoms with Gasteiger partial charge in [-0.2, -0.15) is 0 Å². The maximum absolute atomic E-state index is 12.2. The molecule has 0 saturated carbocycles. The molecule has 1 aromatic heterocycles. The minimum absolute atomic E-state index is 0.0598. The van der Waals surface area contributed by atoms with Gasteiger partial charge in [-0.05, 0) is 46.9 Å². The van der Waals surface area contributed by atoms with Gasteiger partial charge in [0, 0.05) is 12.5 Å². The zero-order chi connectivity index (χ0) is 21.6. The normalized spacial score (nSPS) is 12.4. The Morgan fingerprint density at radius 1 is 1.06 bits per heavy atom. The second kappa shape index (κ2) is 9.34. The first-order valence-electron chi connectivity index (χ1n) is 10.2. The van der Waals surface area contributed by atoms with Crippen LogP contribution in [0.15, 0.2) is 66.7 Å². The molecule has 3 aromatic rings. The van der Waals surface area contributed by atoms with Gasteiger partial charge >= 0.3 is 6.09 Å². The van der Waals surface area contributed by atoms with Crippen LogP contribution >= 0.6 is 0 Å². The number of amides is 1. The summed E-state index contributed by atoms with van der Waals surface area (Å²) in [7, 11) is 1.53. The number of nitrogens with one attached hydrogen (secondary N) is 1. The van der Waals surface area contributed by atoms with Crippen LogP contribution in [0.5, 0.6) is 5.88 Å². The lowest BCUT2D eigenvalue weighted by Gasteiger charge is -2.14. The van der Waals surface area contributed by atoms with Crippen molar-refractivity contribution in [3.8, 4) is 17.0 Å². The van der Waals surface area contributed by atoms with Gasteiger partial charge in [0.15, 0.2) is 0 Å². The summed E-state index contributed by atoms with van der Waals surface area (Å²) in [5.41, 5.74) is 11.8. The molecular formula is C25H25N3O3. The number of alkyl carbamates (subject to hydrolysis) is 1. The summed E-state index contributed by atoms with van der Waals surface area (Å²) < 4.78 is 10.6. The number of pyridine rings is 1. The lowest BCUT2D eigenvalue weighted by atomic mass is 9.98. The van der Waals surface area contributed by atoms with Gasteiger partial charge in [0.2, 0.25) is 5.88 Å². The minimum atomic E-state index is -0.414. The van der Waals surface area contributed by atoms with E-state index in [0.29, 0.717) is 31.1 Å². The number of carbonyl (C=O) groups is 1. The van der Waals surface area contributed by atoms with Crippen LogP contribution in [-0.2, 0) is 4.74 Å². The number of carbonyl (C=O) groups excluding carboxylic acids is 1. The molecule has 0 bridgehead atoms. The van der Waals surface area contributed by atoms with E-state index in [-0.39, 0.29) is 5.92 Å². The van der Waals surface area contributed by atoms with Gasteiger partial charge in [-0.3, -0.25) is 0 Å². The summed E-state index contributed by atoms with van der Waals surface area (Å²) >= 11 is 0. The number of methoxy groups -OCH3 is 1. The summed E-state index contributed by atoms with van der Waals surface area (Å²) in [4.78, 5) is 16.5. The molecule has 0 aliphatic heterocycles. The molecule has 0 unspecified atom stereocenters. The quantitative estimate of drug-likeness (QED) is 0.550. The fourth-order valence-electron chi connectivity index (χ4n) is 3.83. The molecule has 3 N–H and O–H groups in total. The second-order valence-electron chi connectivity index (χ2n) is 7.28. The third kappa shape index (κ3) is 4.53.